The van der Waals surface area contributed by atoms with Gasteiger partial charge in [-0.2, -0.15) is 0 Å². The molecular formula is C32H44O4. The highest BCUT2D eigenvalue weighted by atomic mass is 16.5. The Morgan fingerprint density at radius 2 is 1.61 bits per heavy atom. The van der Waals surface area contributed by atoms with Crippen LogP contribution in [0.3, 0.4) is 0 Å². The van der Waals surface area contributed by atoms with Gasteiger partial charge in [-0.1, -0.05) is 52.3 Å². The number of carbonyl (C=O) groups is 3. The fourth-order valence-corrected chi connectivity index (χ4v) is 9.13. The van der Waals surface area contributed by atoms with Crippen molar-refractivity contribution in [2.24, 2.45) is 38.9 Å². The van der Waals surface area contributed by atoms with E-state index in [-0.39, 0.29) is 51.2 Å². The molecule has 0 aromatic rings. The maximum Gasteiger partial charge on any atom is 0.312 e. The lowest BCUT2D eigenvalue weighted by molar-refractivity contribution is -0.184. The van der Waals surface area contributed by atoms with Crippen molar-refractivity contribution in [3.05, 3.63) is 34.9 Å². The molecule has 0 amide bonds. The number of hydrogen-bond acceptors (Lipinski definition) is 4. The minimum Gasteiger partial charge on any atom is -0.463 e. The molecule has 0 N–H and O–H groups in total. The summed E-state index contributed by atoms with van der Waals surface area (Å²) in [5, 5.41) is 0. The first-order valence-corrected chi connectivity index (χ1v) is 14.1. The van der Waals surface area contributed by atoms with Gasteiger partial charge in [0.15, 0.2) is 0 Å². The summed E-state index contributed by atoms with van der Waals surface area (Å²) in [6.45, 7) is 17.6. The van der Waals surface area contributed by atoms with Crippen molar-refractivity contribution in [2.75, 3.05) is 0 Å². The van der Waals surface area contributed by atoms with Gasteiger partial charge in [-0.05, 0) is 105 Å². The van der Waals surface area contributed by atoms with Crippen molar-refractivity contribution in [1.82, 2.24) is 0 Å². The van der Waals surface area contributed by atoms with Gasteiger partial charge in [0.2, 0.25) is 11.6 Å². The van der Waals surface area contributed by atoms with Crippen molar-refractivity contribution in [3.8, 4) is 0 Å². The van der Waals surface area contributed by atoms with Crippen LogP contribution in [0, 0.1) is 38.9 Å². The van der Waals surface area contributed by atoms with Crippen LogP contribution in [0.25, 0.3) is 0 Å². The van der Waals surface area contributed by atoms with E-state index in [0.717, 1.165) is 56.1 Å². The van der Waals surface area contributed by atoms with Crippen molar-refractivity contribution < 1.29 is 19.1 Å². The molecule has 4 heteroatoms. The van der Waals surface area contributed by atoms with Crippen LogP contribution >= 0.6 is 0 Å². The molecule has 0 bridgehead atoms. The smallest absolute Gasteiger partial charge is 0.312 e. The van der Waals surface area contributed by atoms with E-state index in [4.69, 9.17) is 4.74 Å². The number of ether oxygens (including phenoxy) is 1. The Balaban J connectivity index is 1.58. The maximum absolute atomic E-state index is 13.3. The maximum atomic E-state index is 13.3. The van der Waals surface area contributed by atoms with E-state index in [1.54, 1.807) is 6.08 Å². The molecule has 5 rings (SSSR count). The van der Waals surface area contributed by atoms with E-state index >= 15 is 0 Å². The largest absolute Gasteiger partial charge is 0.463 e. The molecule has 196 valence electrons. The number of allylic oxidation sites excluding steroid dienone is 6. The summed E-state index contributed by atoms with van der Waals surface area (Å²) in [5.74, 6) is -0.626. The molecule has 3 fully saturated rings. The minimum atomic E-state index is -0.446. The molecule has 0 aromatic heterocycles. The van der Waals surface area contributed by atoms with Crippen LogP contribution in [0.5, 0.6) is 0 Å². The van der Waals surface area contributed by atoms with E-state index in [2.05, 4.69) is 46.8 Å². The highest BCUT2D eigenvalue weighted by Gasteiger charge is 2.67. The Kier molecular flexibility index (Phi) is 5.54. The fraction of sp³-hybridized carbons (Fsp3) is 0.719. The van der Waals surface area contributed by atoms with Crippen molar-refractivity contribution >= 4 is 17.5 Å². The van der Waals surface area contributed by atoms with Gasteiger partial charge in [-0.3, -0.25) is 14.4 Å². The van der Waals surface area contributed by atoms with Gasteiger partial charge in [0.05, 0.1) is 11.5 Å². The molecule has 0 heterocycles. The summed E-state index contributed by atoms with van der Waals surface area (Å²) < 4.78 is 5.76. The molecule has 1 unspecified atom stereocenters. The normalized spacial score (nSPS) is 46.0. The fourth-order valence-electron chi connectivity index (χ4n) is 9.13. The van der Waals surface area contributed by atoms with E-state index in [0.29, 0.717) is 5.92 Å². The second-order valence-electron chi connectivity index (χ2n) is 14.2. The van der Waals surface area contributed by atoms with Gasteiger partial charge in [0.1, 0.15) is 0 Å². The number of rotatable bonds is 2. The number of esters is 1. The van der Waals surface area contributed by atoms with Crippen LogP contribution in [-0.4, -0.2) is 23.6 Å². The van der Waals surface area contributed by atoms with Crippen molar-refractivity contribution in [2.45, 2.75) is 106 Å². The summed E-state index contributed by atoms with van der Waals surface area (Å²) in [6.07, 6.45) is 13.1. The molecule has 0 saturated heterocycles. The molecule has 5 aliphatic rings. The number of Topliss-reactive ketones (excluding diaryl/α,β-unsaturated/α-hetero) is 1. The molecule has 7 atom stereocenters. The van der Waals surface area contributed by atoms with Crippen LogP contribution in [0.2, 0.25) is 0 Å². The highest BCUT2D eigenvalue weighted by Crippen LogP contribution is 2.75. The molecule has 0 aliphatic heterocycles. The monoisotopic (exact) mass is 492 g/mol. The molecule has 0 radical (unpaired) electrons. The van der Waals surface area contributed by atoms with E-state index in [9.17, 15) is 14.4 Å². The second kappa shape index (κ2) is 7.77. The zero-order chi connectivity index (χ0) is 26.5. The van der Waals surface area contributed by atoms with Gasteiger partial charge in [0, 0.05) is 11.3 Å². The van der Waals surface area contributed by atoms with Gasteiger partial charge < -0.3 is 4.74 Å². The third kappa shape index (κ3) is 3.21. The lowest BCUT2D eigenvalue weighted by Crippen LogP contribution is -2.62. The van der Waals surface area contributed by atoms with E-state index in [1.807, 2.05) is 20.8 Å². The molecule has 0 aromatic carbocycles. The summed E-state index contributed by atoms with van der Waals surface area (Å²) in [6, 6.07) is 0. The summed E-state index contributed by atoms with van der Waals surface area (Å²) in [7, 11) is 0. The topological polar surface area (TPSA) is 60.4 Å². The first kappa shape index (κ1) is 25.7. The Morgan fingerprint density at radius 1 is 0.944 bits per heavy atom. The Labute approximate surface area is 217 Å². The van der Waals surface area contributed by atoms with Gasteiger partial charge in [-0.25, -0.2) is 0 Å². The SMILES string of the molecule is CC(C)OC(=O)[C@]1(C)CC[C@]2(C)CC[C@]3(C)C4=CC=C5C(=CC(=O)C(=O)C5C)[C@]4(C)CC[C@@]3(C)[C@@H]2C1. The van der Waals surface area contributed by atoms with E-state index in [1.165, 1.54) is 5.57 Å². The van der Waals surface area contributed by atoms with E-state index < -0.39 is 5.41 Å². The molecule has 0 spiro atoms. The number of hydrogen-bond donors (Lipinski definition) is 0. The van der Waals surface area contributed by atoms with Crippen LogP contribution in [0.15, 0.2) is 34.9 Å². The average Bonchev–Trinajstić information content (AvgIpc) is 2.80. The number of fused-ring (bicyclic) bond motifs is 7. The first-order chi connectivity index (χ1) is 16.6. The van der Waals surface area contributed by atoms with Crippen LogP contribution < -0.4 is 0 Å². The summed E-state index contributed by atoms with van der Waals surface area (Å²) >= 11 is 0. The Bertz CT molecular complexity index is 1140. The van der Waals surface area contributed by atoms with Gasteiger partial charge in [-0.15, -0.1) is 0 Å². The number of ketones is 2. The zero-order valence-corrected chi connectivity index (χ0v) is 23.5. The summed E-state index contributed by atoms with van der Waals surface area (Å²) in [5.41, 5.74) is 3.06. The van der Waals surface area contributed by atoms with Crippen LogP contribution in [0.4, 0.5) is 0 Å². The predicted octanol–water partition coefficient (Wildman–Crippen LogP) is 6.94. The molecular weight excluding hydrogens is 448 g/mol. The Morgan fingerprint density at radius 3 is 2.28 bits per heavy atom. The molecule has 4 nitrogen and oxygen atoms in total. The predicted molar refractivity (Wildman–Crippen MR) is 141 cm³/mol. The number of carbonyl (C=O) groups excluding carboxylic acids is 3. The first-order valence-electron chi connectivity index (χ1n) is 14.1. The lowest BCUT2D eigenvalue weighted by Gasteiger charge is -2.70. The zero-order valence-electron chi connectivity index (χ0n) is 23.5. The standard InChI is InChI=1S/C32H44O4/c1-19(2)36-27(35)29(5)12-11-28(4)13-15-31(7)24-10-9-21-20(3)26(34)23(33)17-22(21)30(24,6)14-16-32(31,8)25(28)18-29/h9-10,17,19-20,25H,11-16,18H2,1-8H3/t20?,25-,28-,29-,30+,31-,32+/m1/s1. The highest BCUT2D eigenvalue weighted by molar-refractivity contribution is 6.44. The summed E-state index contributed by atoms with van der Waals surface area (Å²) in [4.78, 5) is 38.4. The quantitative estimate of drug-likeness (QED) is 0.309. The van der Waals surface area contributed by atoms with Crippen LogP contribution in [-0.2, 0) is 19.1 Å². The Hall–Kier alpha value is -1.97. The second-order valence-corrected chi connectivity index (χ2v) is 14.2. The lowest BCUT2D eigenvalue weighted by atomic mass is 9.34. The van der Waals surface area contributed by atoms with Crippen LogP contribution in [0.1, 0.15) is 100 Å². The molecule has 5 aliphatic carbocycles. The van der Waals surface area contributed by atoms with Gasteiger partial charge in [0.25, 0.3) is 0 Å². The van der Waals surface area contributed by atoms with Crippen molar-refractivity contribution in [3.63, 3.8) is 0 Å². The average molecular weight is 493 g/mol. The third-order valence-electron chi connectivity index (χ3n) is 11.9. The van der Waals surface area contributed by atoms with Crippen molar-refractivity contribution in [1.29, 1.82) is 0 Å². The van der Waals surface area contributed by atoms with Gasteiger partial charge >= 0.3 is 5.97 Å². The minimum absolute atomic E-state index is 0.0370. The molecule has 3 saturated carbocycles. The third-order valence-corrected chi connectivity index (χ3v) is 11.9. The molecule has 36 heavy (non-hydrogen) atoms.